The molecule has 1 aromatic rings. The van der Waals surface area contributed by atoms with E-state index in [1.165, 1.54) is 0 Å². The van der Waals surface area contributed by atoms with Crippen molar-refractivity contribution in [3.8, 4) is 0 Å². The van der Waals surface area contributed by atoms with Gasteiger partial charge >= 0.3 is 0 Å². The fourth-order valence-corrected chi connectivity index (χ4v) is 1.68. The standard InChI is InChI=1S/C12H23N3O/c1-9(2)5-6-12-11(8-16)13-14-15(12)7-10(3)4/h9-10,16H,5-8H2,1-4H3. The molecular weight excluding hydrogens is 202 g/mol. The Hall–Kier alpha value is -0.900. The molecule has 0 saturated carbocycles. The number of hydrogen-bond acceptors (Lipinski definition) is 3. The van der Waals surface area contributed by atoms with Gasteiger partial charge in [0.05, 0.1) is 12.3 Å². The van der Waals surface area contributed by atoms with Crippen LogP contribution in [0, 0.1) is 11.8 Å². The van der Waals surface area contributed by atoms with Gasteiger partial charge in [0.1, 0.15) is 5.69 Å². The highest BCUT2D eigenvalue weighted by molar-refractivity contribution is 5.09. The molecule has 0 fully saturated rings. The molecule has 1 heterocycles. The van der Waals surface area contributed by atoms with Gasteiger partial charge in [-0.25, -0.2) is 4.68 Å². The molecule has 0 amide bonds. The van der Waals surface area contributed by atoms with Crippen LogP contribution >= 0.6 is 0 Å². The fraction of sp³-hybridized carbons (Fsp3) is 0.833. The van der Waals surface area contributed by atoms with Crippen LogP contribution in [-0.4, -0.2) is 20.1 Å². The Labute approximate surface area is 97.7 Å². The molecular formula is C12H23N3O. The van der Waals surface area contributed by atoms with Gasteiger partial charge in [0.2, 0.25) is 0 Å². The molecule has 0 unspecified atom stereocenters. The number of aliphatic hydroxyl groups is 1. The average Bonchev–Trinajstić information content (AvgIpc) is 2.56. The normalized spacial score (nSPS) is 11.7. The third-order valence-electron chi connectivity index (χ3n) is 2.56. The van der Waals surface area contributed by atoms with Crippen molar-refractivity contribution in [1.29, 1.82) is 0 Å². The van der Waals surface area contributed by atoms with Gasteiger partial charge in [-0.3, -0.25) is 0 Å². The van der Waals surface area contributed by atoms with Gasteiger partial charge in [0, 0.05) is 6.54 Å². The lowest BCUT2D eigenvalue weighted by Gasteiger charge is -2.10. The predicted octanol–water partition coefficient (Wildman–Crippen LogP) is 2.02. The highest BCUT2D eigenvalue weighted by atomic mass is 16.3. The first-order chi connectivity index (χ1) is 7.54. The minimum atomic E-state index is -0.00841. The summed E-state index contributed by atoms with van der Waals surface area (Å²) in [6.07, 6.45) is 2.06. The van der Waals surface area contributed by atoms with Crippen LogP contribution in [0.4, 0.5) is 0 Å². The second-order valence-corrected chi connectivity index (χ2v) is 5.15. The second-order valence-electron chi connectivity index (χ2n) is 5.15. The SMILES string of the molecule is CC(C)CCc1c(CO)nnn1CC(C)C. The summed E-state index contributed by atoms with van der Waals surface area (Å²) >= 11 is 0. The molecule has 0 spiro atoms. The molecule has 0 aliphatic heterocycles. The lowest BCUT2D eigenvalue weighted by Crippen LogP contribution is -2.11. The van der Waals surface area contributed by atoms with E-state index >= 15 is 0 Å². The van der Waals surface area contributed by atoms with Crippen molar-refractivity contribution in [2.45, 2.75) is 53.7 Å². The van der Waals surface area contributed by atoms with Crippen LogP contribution in [-0.2, 0) is 19.6 Å². The Kier molecular flexibility index (Phi) is 4.93. The number of hydrogen-bond donors (Lipinski definition) is 1. The third-order valence-corrected chi connectivity index (χ3v) is 2.56. The smallest absolute Gasteiger partial charge is 0.111 e. The van der Waals surface area contributed by atoms with Crippen molar-refractivity contribution in [3.05, 3.63) is 11.4 Å². The second kappa shape index (κ2) is 5.99. The van der Waals surface area contributed by atoms with Gasteiger partial charge in [-0.05, 0) is 24.7 Å². The van der Waals surface area contributed by atoms with Gasteiger partial charge in [-0.2, -0.15) is 0 Å². The van der Waals surface area contributed by atoms with Crippen molar-refractivity contribution in [3.63, 3.8) is 0 Å². The number of rotatable bonds is 6. The quantitative estimate of drug-likeness (QED) is 0.805. The molecule has 4 heteroatoms. The molecule has 0 bridgehead atoms. The molecule has 0 aromatic carbocycles. The molecule has 0 atom stereocenters. The van der Waals surface area contributed by atoms with E-state index in [2.05, 4.69) is 38.0 Å². The first-order valence-corrected chi connectivity index (χ1v) is 6.06. The van der Waals surface area contributed by atoms with E-state index in [9.17, 15) is 5.11 Å². The van der Waals surface area contributed by atoms with Crippen molar-refractivity contribution in [1.82, 2.24) is 15.0 Å². The molecule has 4 nitrogen and oxygen atoms in total. The topological polar surface area (TPSA) is 50.9 Å². The molecule has 0 radical (unpaired) electrons. The van der Waals surface area contributed by atoms with Crippen molar-refractivity contribution < 1.29 is 5.11 Å². The van der Waals surface area contributed by atoms with E-state index in [4.69, 9.17) is 0 Å². The Morgan fingerprint density at radius 2 is 1.88 bits per heavy atom. The zero-order chi connectivity index (χ0) is 12.1. The Morgan fingerprint density at radius 1 is 1.19 bits per heavy atom. The Bertz CT molecular complexity index is 318. The summed E-state index contributed by atoms with van der Waals surface area (Å²) in [5.74, 6) is 1.21. The fourth-order valence-electron chi connectivity index (χ4n) is 1.68. The maximum absolute atomic E-state index is 9.22. The highest BCUT2D eigenvalue weighted by Gasteiger charge is 2.13. The lowest BCUT2D eigenvalue weighted by atomic mass is 10.1. The van der Waals surface area contributed by atoms with Gasteiger partial charge in [-0.1, -0.05) is 32.9 Å². The summed E-state index contributed by atoms with van der Waals surface area (Å²) in [5, 5.41) is 17.4. The molecule has 0 aliphatic rings. The molecule has 92 valence electrons. The van der Waals surface area contributed by atoms with E-state index < -0.39 is 0 Å². The minimum absolute atomic E-state index is 0.00841. The Morgan fingerprint density at radius 3 is 2.38 bits per heavy atom. The zero-order valence-corrected chi connectivity index (χ0v) is 10.8. The zero-order valence-electron chi connectivity index (χ0n) is 10.8. The van der Waals surface area contributed by atoms with Crippen molar-refractivity contribution >= 4 is 0 Å². The first-order valence-electron chi connectivity index (χ1n) is 6.06. The largest absolute Gasteiger partial charge is 0.390 e. The molecule has 1 rings (SSSR count). The van der Waals surface area contributed by atoms with Crippen LogP contribution in [0.2, 0.25) is 0 Å². The summed E-state index contributed by atoms with van der Waals surface area (Å²) in [6, 6.07) is 0. The van der Waals surface area contributed by atoms with Crippen molar-refractivity contribution in [2.75, 3.05) is 0 Å². The van der Waals surface area contributed by atoms with Crippen LogP contribution in [0.3, 0.4) is 0 Å². The van der Waals surface area contributed by atoms with Crippen LogP contribution in [0.25, 0.3) is 0 Å². The van der Waals surface area contributed by atoms with E-state index in [0.717, 1.165) is 30.8 Å². The van der Waals surface area contributed by atoms with Crippen LogP contribution in [0.5, 0.6) is 0 Å². The van der Waals surface area contributed by atoms with Crippen LogP contribution in [0.15, 0.2) is 0 Å². The van der Waals surface area contributed by atoms with Crippen LogP contribution in [0.1, 0.15) is 45.5 Å². The summed E-state index contributed by atoms with van der Waals surface area (Å²) in [5.41, 5.74) is 1.84. The average molecular weight is 225 g/mol. The predicted molar refractivity (Wildman–Crippen MR) is 63.9 cm³/mol. The number of aliphatic hydroxyl groups excluding tert-OH is 1. The monoisotopic (exact) mass is 225 g/mol. The summed E-state index contributed by atoms with van der Waals surface area (Å²) in [4.78, 5) is 0. The molecule has 16 heavy (non-hydrogen) atoms. The highest BCUT2D eigenvalue weighted by Crippen LogP contribution is 2.13. The van der Waals surface area contributed by atoms with E-state index in [1.807, 2.05) is 4.68 Å². The summed E-state index contributed by atoms with van der Waals surface area (Å²) in [6.45, 7) is 9.59. The minimum Gasteiger partial charge on any atom is -0.390 e. The molecule has 0 aliphatic carbocycles. The van der Waals surface area contributed by atoms with Crippen LogP contribution < -0.4 is 0 Å². The summed E-state index contributed by atoms with van der Waals surface area (Å²) in [7, 11) is 0. The van der Waals surface area contributed by atoms with E-state index in [-0.39, 0.29) is 6.61 Å². The number of nitrogens with zero attached hydrogens (tertiary/aromatic N) is 3. The van der Waals surface area contributed by atoms with E-state index in [1.54, 1.807) is 0 Å². The maximum atomic E-state index is 9.22. The molecule has 1 aromatic heterocycles. The first kappa shape index (κ1) is 13.2. The van der Waals surface area contributed by atoms with Crippen molar-refractivity contribution in [2.24, 2.45) is 11.8 Å². The van der Waals surface area contributed by atoms with Gasteiger partial charge in [0.15, 0.2) is 0 Å². The maximum Gasteiger partial charge on any atom is 0.111 e. The molecule has 0 saturated heterocycles. The van der Waals surface area contributed by atoms with Gasteiger partial charge < -0.3 is 5.11 Å². The lowest BCUT2D eigenvalue weighted by molar-refractivity contribution is 0.275. The Balaban J connectivity index is 2.79. The summed E-state index contributed by atoms with van der Waals surface area (Å²) < 4.78 is 1.94. The van der Waals surface area contributed by atoms with E-state index in [0.29, 0.717) is 11.8 Å². The van der Waals surface area contributed by atoms with Gasteiger partial charge in [-0.15, -0.1) is 5.10 Å². The van der Waals surface area contributed by atoms with Gasteiger partial charge in [0.25, 0.3) is 0 Å². The molecule has 1 N–H and O–H groups in total. The third kappa shape index (κ3) is 3.59. The number of aromatic nitrogens is 3.